The van der Waals surface area contributed by atoms with E-state index in [0.717, 1.165) is 17.8 Å². The van der Waals surface area contributed by atoms with E-state index in [9.17, 15) is 18.0 Å². The molecule has 0 saturated heterocycles. The number of amides is 1. The van der Waals surface area contributed by atoms with E-state index < -0.39 is 23.0 Å². The van der Waals surface area contributed by atoms with Gasteiger partial charge in [-0.1, -0.05) is 42.1 Å². The number of carbonyl (C=O) groups is 1. The molecule has 0 saturated carbocycles. The third kappa shape index (κ3) is 5.70. The van der Waals surface area contributed by atoms with Crippen LogP contribution in [0.15, 0.2) is 59.8 Å². The number of aromatic nitrogens is 2. The molecule has 1 heterocycles. The van der Waals surface area contributed by atoms with E-state index in [1.54, 1.807) is 55.5 Å². The van der Waals surface area contributed by atoms with E-state index in [0.29, 0.717) is 22.7 Å². The van der Waals surface area contributed by atoms with Gasteiger partial charge in [-0.2, -0.15) is 13.2 Å². The van der Waals surface area contributed by atoms with E-state index in [4.69, 9.17) is 9.47 Å². The maximum Gasteiger partial charge on any atom is 0.433 e. The Balaban J connectivity index is 1.83. The summed E-state index contributed by atoms with van der Waals surface area (Å²) in [6.07, 6.45) is -4.65. The fraction of sp³-hybridized carbons (Fsp3) is 0.227. The SMILES string of the molecule is COc1ccc(NC(=O)[C@H](C)Sc2nc(-c3ccccc3)cc(C(F)(F)F)n2)c(OC)c1. The lowest BCUT2D eigenvalue weighted by atomic mass is 10.1. The van der Waals surface area contributed by atoms with Crippen LogP contribution in [-0.2, 0) is 11.0 Å². The van der Waals surface area contributed by atoms with E-state index in [-0.39, 0.29) is 10.9 Å². The lowest BCUT2D eigenvalue weighted by Gasteiger charge is -2.15. The molecule has 6 nitrogen and oxygen atoms in total. The van der Waals surface area contributed by atoms with Crippen LogP contribution in [0.1, 0.15) is 12.6 Å². The monoisotopic (exact) mass is 463 g/mol. The molecule has 0 spiro atoms. The lowest BCUT2D eigenvalue weighted by Crippen LogP contribution is -2.23. The Morgan fingerprint density at radius 2 is 1.75 bits per heavy atom. The van der Waals surface area contributed by atoms with Crippen LogP contribution in [0.4, 0.5) is 18.9 Å². The fourth-order valence-corrected chi connectivity index (χ4v) is 3.51. The molecule has 0 bridgehead atoms. The summed E-state index contributed by atoms with van der Waals surface area (Å²) in [4.78, 5) is 20.5. The van der Waals surface area contributed by atoms with Crippen molar-refractivity contribution in [2.45, 2.75) is 23.5 Å². The minimum Gasteiger partial charge on any atom is -0.497 e. The number of halogens is 3. The van der Waals surface area contributed by atoms with Gasteiger partial charge in [0.15, 0.2) is 5.16 Å². The lowest BCUT2D eigenvalue weighted by molar-refractivity contribution is -0.141. The van der Waals surface area contributed by atoms with Crippen LogP contribution in [0.25, 0.3) is 11.3 Å². The number of benzene rings is 2. The van der Waals surface area contributed by atoms with Gasteiger partial charge in [0.05, 0.1) is 30.9 Å². The van der Waals surface area contributed by atoms with Crippen LogP contribution < -0.4 is 14.8 Å². The number of nitrogens with one attached hydrogen (secondary N) is 1. The molecular weight excluding hydrogens is 443 g/mol. The number of hydrogen-bond acceptors (Lipinski definition) is 6. The predicted molar refractivity (Wildman–Crippen MR) is 116 cm³/mol. The maximum atomic E-state index is 13.4. The first-order chi connectivity index (χ1) is 15.2. The third-order valence-corrected chi connectivity index (χ3v) is 5.34. The van der Waals surface area contributed by atoms with E-state index in [1.807, 2.05) is 0 Å². The van der Waals surface area contributed by atoms with Crippen molar-refractivity contribution in [1.82, 2.24) is 9.97 Å². The van der Waals surface area contributed by atoms with Crippen molar-refractivity contribution in [1.29, 1.82) is 0 Å². The van der Waals surface area contributed by atoms with Gasteiger partial charge in [-0.15, -0.1) is 0 Å². The smallest absolute Gasteiger partial charge is 0.433 e. The van der Waals surface area contributed by atoms with Crippen molar-refractivity contribution in [3.63, 3.8) is 0 Å². The van der Waals surface area contributed by atoms with Gasteiger partial charge in [0, 0.05) is 11.6 Å². The normalized spacial score (nSPS) is 12.2. The van der Waals surface area contributed by atoms with Crippen molar-refractivity contribution in [3.8, 4) is 22.8 Å². The molecule has 3 aromatic rings. The number of nitrogens with zero attached hydrogens (tertiary/aromatic N) is 2. The van der Waals surface area contributed by atoms with Crippen LogP contribution in [0.5, 0.6) is 11.5 Å². The first-order valence-corrected chi connectivity index (χ1v) is 10.3. The molecule has 0 aliphatic heterocycles. The largest absolute Gasteiger partial charge is 0.497 e. The van der Waals surface area contributed by atoms with Gasteiger partial charge in [0.2, 0.25) is 5.91 Å². The van der Waals surface area contributed by atoms with E-state index in [1.165, 1.54) is 14.2 Å². The van der Waals surface area contributed by atoms with Crippen LogP contribution in [0.3, 0.4) is 0 Å². The van der Waals surface area contributed by atoms with Gasteiger partial charge < -0.3 is 14.8 Å². The molecule has 1 N–H and O–H groups in total. The highest BCUT2D eigenvalue weighted by Gasteiger charge is 2.34. The number of anilines is 1. The highest BCUT2D eigenvalue weighted by Crippen LogP contribution is 2.34. The summed E-state index contributed by atoms with van der Waals surface area (Å²) >= 11 is 0.831. The zero-order valence-electron chi connectivity index (χ0n) is 17.4. The third-order valence-electron chi connectivity index (χ3n) is 4.38. The summed E-state index contributed by atoms with van der Waals surface area (Å²) in [7, 11) is 2.95. The average molecular weight is 463 g/mol. The van der Waals surface area contributed by atoms with E-state index >= 15 is 0 Å². The minimum absolute atomic E-state index is 0.125. The molecular formula is C22H20F3N3O3S. The number of ether oxygens (including phenoxy) is 2. The molecule has 0 fully saturated rings. The maximum absolute atomic E-state index is 13.4. The van der Waals surface area contributed by atoms with Gasteiger partial charge in [-0.3, -0.25) is 4.79 Å². The van der Waals surface area contributed by atoms with Crippen LogP contribution in [0, 0.1) is 0 Å². The Kier molecular flexibility index (Phi) is 7.24. The molecule has 10 heteroatoms. The summed E-state index contributed by atoms with van der Waals surface area (Å²) in [5, 5.41) is 1.77. The first-order valence-electron chi connectivity index (χ1n) is 9.42. The second-order valence-electron chi connectivity index (χ2n) is 6.60. The minimum atomic E-state index is -4.65. The zero-order valence-corrected chi connectivity index (χ0v) is 18.3. The summed E-state index contributed by atoms with van der Waals surface area (Å²) in [6, 6.07) is 14.2. The molecule has 32 heavy (non-hydrogen) atoms. The van der Waals surface area contributed by atoms with Crippen LogP contribution >= 0.6 is 11.8 Å². The molecule has 0 aliphatic rings. The summed E-state index contributed by atoms with van der Waals surface area (Å²) in [6.45, 7) is 1.56. The Morgan fingerprint density at radius 3 is 2.38 bits per heavy atom. The van der Waals surface area contributed by atoms with Crippen molar-refractivity contribution >= 4 is 23.4 Å². The number of methoxy groups -OCH3 is 2. The quantitative estimate of drug-likeness (QED) is 0.379. The number of carbonyl (C=O) groups excluding carboxylic acids is 1. The Morgan fingerprint density at radius 1 is 1.03 bits per heavy atom. The van der Waals surface area contributed by atoms with Crippen molar-refractivity contribution in [3.05, 3.63) is 60.3 Å². The molecule has 0 unspecified atom stereocenters. The van der Waals surface area contributed by atoms with Crippen LogP contribution in [0.2, 0.25) is 0 Å². The topological polar surface area (TPSA) is 73.3 Å². The number of hydrogen-bond donors (Lipinski definition) is 1. The molecule has 0 radical (unpaired) electrons. The highest BCUT2D eigenvalue weighted by molar-refractivity contribution is 8.00. The average Bonchev–Trinajstić information content (AvgIpc) is 2.79. The zero-order chi connectivity index (χ0) is 23.3. The second-order valence-corrected chi connectivity index (χ2v) is 7.91. The molecule has 2 aromatic carbocycles. The Bertz CT molecular complexity index is 1090. The van der Waals surface area contributed by atoms with Crippen molar-refractivity contribution in [2.75, 3.05) is 19.5 Å². The predicted octanol–water partition coefficient (Wildman–Crippen LogP) is 5.30. The molecule has 168 valence electrons. The van der Waals surface area contributed by atoms with Gasteiger partial charge in [-0.05, 0) is 25.1 Å². The molecule has 1 amide bonds. The standard InChI is InChI=1S/C22H20F3N3O3S/c1-13(20(29)26-16-10-9-15(30-2)11-18(16)31-3)32-21-27-17(14-7-5-4-6-8-14)12-19(28-21)22(23,24)25/h4-13H,1-3H3,(H,26,29)/t13-/m0/s1. The molecule has 1 aromatic heterocycles. The summed E-state index contributed by atoms with van der Waals surface area (Å²) in [5.74, 6) is 0.491. The summed E-state index contributed by atoms with van der Waals surface area (Å²) in [5.41, 5.74) is -0.0267. The van der Waals surface area contributed by atoms with E-state index in [2.05, 4.69) is 15.3 Å². The number of rotatable bonds is 7. The number of alkyl halides is 3. The van der Waals surface area contributed by atoms with Crippen LogP contribution in [-0.4, -0.2) is 35.3 Å². The van der Waals surface area contributed by atoms with Crippen molar-refractivity contribution in [2.24, 2.45) is 0 Å². The Labute approximate surface area is 187 Å². The molecule has 1 atom stereocenters. The Hall–Kier alpha value is -3.27. The first kappa shape index (κ1) is 23.4. The van der Waals surface area contributed by atoms with Gasteiger partial charge in [-0.25, -0.2) is 9.97 Å². The van der Waals surface area contributed by atoms with Gasteiger partial charge >= 0.3 is 6.18 Å². The van der Waals surface area contributed by atoms with Crippen molar-refractivity contribution < 1.29 is 27.4 Å². The number of thioether (sulfide) groups is 1. The summed E-state index contributed by atoms with van der Waals surface area (Å²) < 4.78 is 50.5. The van der Waals surface area contributed by atoms with Gasteiger partial charge in [0.25, 0.3) is 0 Å². The highest BCUT2D eigenvalue weighted by atomic mass is 32.2. The van der Waals surface area contributed by atoms with Gasteiger partial charge in [0.1, 0.15) is 17.2 Å². The second kappa shape index (κ2) is 9.90. The molecule has 3 rings (SSSR count). The molecule has 0 aliphatic carbocycles. The fourth-order valence-electron chi connectivity index (χ4n) is 2.73.